The lowest BCUT2D eigenvalue weighted by Gasteiger charge is -2.14. The SMILES string of the molecule is Cc1cc(C)n(C(C)CC(=O)Nc2cccc(CCC(=O)O)c2)n1. The maximum Gasteiger partial charge on any atom is 0.303 e. The lowest BCUT2D eigenvalue weighted by Crippen LogP contribution is -2.19. The van der Waals surface area contributed by atoms with Gasteiger partial charge in [-0.3, -0.25) is 14.3 Å². The first-order valence-electron chi connectivity index (χ1n) is 7.98. The average molecular weight is 329 g/mol. The van der Waals surface area contributed by atoms with E-state index in [1.807, 2.05) is 49.7 Å². The molecule has 1 amide bonds. The Bertz CT molecular complexity index is 737. The van der Waals surface area contributed by atoms with Crippen LogP contribution in [0, 0.1) is 13.8 Å². The molecule has 0 fully saturated rings. The van der Waals surface area contributed by atoms with E-state index in [1.54, 1.807) is 6.07 Å². The number of carbonyl (C=O) groups is 2. The van der Waals surface area contributed by atoms with Crippen molar-refractivity contribution in [3.8, 4) is 0 Å². The summed E-state index contributed by atoms with van der Waals surface area (Å²) < 4.78 is 1.86. The summed E-state index contributed by atoms with van der Waals surface area (Å²) in [6, 6.07) is 9.24. The predicted octanol–water partition coefficient (Wildman–Crippen LogP) is 3.11. The van der Waals surface area contributed by atoms with Gasteiger partial charge in [0, 0.05) is 24.2 Å². The molecule has 0 aliphatic heterocycles. The van der Waals surface area contributed by atoms with Crippen molar-refractivity contribution in [2.45, 2.75) is 46.1 Å². The Morgan fingerprint density at radius 1 is 1.29 bits per heavy atom. The van der Waals surface area contributed by atoms with Crippen LogP contribution in [0.5, 0.6) is 0 Å². The fourth-order valence-corrected chi connectivity index (χ4v) is 2.71. The molecule has 6 nitrogen and oxygen atoms in total. The number of hydrogen-bond donors (Lipinski definition) is 2. The summed E-state index contributed by atoms with van der Waals surface area (Å²) in [5.41, 5.74) is 3.54. The van der Waals surface area contributed by atoms with Gasteiger partial charge in [0.2, 0.25) is 5.91 Å². The molecule has 2 rings (SSSR count). The van der Waals surface area contributed by atoms with Gasteiger partial charge >= 0.3 is 5.97 Å². The highest BCUT2D eigenvalue weighted by atomic mass is 16.4. The fraction of sp³-hybridized carbons (Fsp3) is 0.389. The van der Waals surface area contributed by atoms with Gasteiger partial charge in [0.05, 0.1) is 11.7 Å². The molecule has 0 aliphatic rings. The number of benzene rings is 1. The lowest BCUT2D eigenvalue weighted by molar-refractivity contribution is -0.137. The van der Waals surface area contributed by atoms with E-state index in [9.17, 15) is 9.59 Å². The molecule has 1 atom stereocenters. The van der Waals surface area contributed by atoms with Crippen molar-refractivity contribution in [1.29, 1.82) is 0 Å². The zero-order valence-corrected chi connectivity index (χ0v) is 14.2. The minimum Gasteiger partial charge on any atom is -0.481 e. The normalized spacial score (nSPS) is 12.0. The number of amides is 1. The first kappa shape index (κ1) is 17.7. The van der Waals surface area contributed by atoms with Gasteiger partial charge in [-0.25, -0.2) is 0 Å². The monoisotopic (exact) mass is 329 g/mol. The van der Waals surface area contributed by atoms with E-state index in [4.69, 9.17) is 5.11 Å². The third kappa shape index (κ3) is 4.94. The van der Waals surface area contributed by atoms with Crippen LogP contribution >= 0.6 is 0 Å². The van der Waals surface area contributed by atoms with Crippen LogP contribution in [-0.2, 0) is 16.0 Å². The van der Waals surface area contributed by atoms with Gasteiger partial charge in [-0.15, -0.1) is 0 Å². The van der Waals surface area contributed by atoms with Gasteiger partial charge < -0.3 is 10.4 Å². The molecular weight excluding hydrogens is 306 g/mol. The second-order valence-electron chi connectivity index (χ2n) is 6.07. The lowest BCUT2D eigenvalue weighted by atomic mass is 10.1. The minimum absolute atomic E-state index is 0.0334. The van der Waals surface area contributed by atoms with Gasteiger partial charge in [-0.1, -0.05) is 12.1 Å². The summed E-state index contributed by atoms with van der Waals surface area (Å²) in [7, 11) is 0. The average Bonchev–Trinajstić information content (AvgIpc) is 2.84. The topological polar surface area (TPSA) is 84.2 Å². The van der Waals surface area contributed by atoms with Gasteiger partial charge in [0.15, 0.2) is 0 Å². The zero-order valence-electron chi connectivity index (χ0n) is 14.2. The van der Waals surface area contributed by atoms with E-state index >= 15 is 0 Å². The molecule has 2 aromatic rings. The third-order valence-corrected chi connectivity index (χ3v) is 3.78. The fourth-order valence-electron chi connectivity index (χ4n) is 2.71. The van der Waals surface area contributed by atoms with Crippen molar-refractivity contribution >= 4 is 17.6 Å². The molecule has 1 unspecified atom stereocenters. The third-order valence-electron chi connectivity index (χ3n) is 3.78. The smallest absolute Gasteiger partial charge is 0.303 e. The van der Waals surface area contributed by atoms with E-state index in [0.29, 0.717) is 18.5 Å². The number of nitrogens with one attached hydrogen (secondary N) is 1. The number of carboxylic acid groups (broad SMARTS) is 1. The van der Waals surface area contributed by atoms with Gasteiger partial charge in [-0.2, -0.15) is 5.10 Å². The molecule has 0 spiro atoms. The van der Waals surface area contributed by atoms with Crippen molar-refractivity contribution in [3.05, 3.63) is 47.3 Å². The summed E-state index contributed by atoms with van der Waals surface area (Å²) in [6.45, 7) is 5.86. The Morgan fingerprint density at radius 3 is 2.67 bits per heavy atom. The number of anilines is 1. The number of nitrogens with zero attached hydrogens (tertiary/aromatic N) is 2. The molecule has 0 saturated carbocycles. The highest BCUT2D eigenvalue weighted by Gasteiger charge is 2.14. The van der Waals surface area contributed by atoms with Crippen molar-refractivity contribution < 1.29 is 14.7 Å². The molecule has 1 heterocycles. The summed E-state index contributed by atoms with van der Waals surface area (Å²) in [5, 5.41) is 16.0. The molecule has 2 N–H and O–H groups in total. The Hall–Kier alpha value is -2.63. The molecule has 0 bridgehead atoms. The quantitative estimate of drug-likeness (QED) is 0.817. The predicted molar refractivity (Wildman–Crippen MR) is 92.1 cm³/mol. The number of aromatic nitrogens is 2. The highest BCUT2D eigenvalue weighted by Crippen LogP contribution is 2.17. The summed E-state index contributed by atoms with van der Waals surface area (Å²) in [4.78, 5) is 22.9. The first-order chi connectivity index (χ1) is 11.3. The van der Waals surface area contributed by atoms with Crippen LogP contribution in [0.4, 0.5) is 5.69 Å². The van der Waals surface area contributed by atoms with E-state index in [-0.39, 0.29) is 18.4 Å². The molecule has 6 heteroatoms. The molecule has 0 radical (unpaired) electrons. The van der Waals surface area contributed by atoms with Crippen molar-refractivity contribution in [2.24, 2.45) is 0 Å². The van der Waals surface area contributed by atoms with Crippen LogP contribution in [0.15, 0.2) is 30.3 Å². The van der Waals surface area contributed by atoms with Gasteiger partial charge in [0.1, 0.15) is 0 Å². The molecule has 0 aliphatic carbocycles. The Labute approximate surface area is 141 Å². The Kier molecular flexibility index (Phi) is 5.73. The number of carbonyl (C=O) groups excluding carboxylic acids is 1. The Balaban J connectivity index is 1.95. The maximum absolute atomic E-state index is 12.2. The highest BCUT2D eigenvalue weighted by molar-refractivity contribution is 5.91. The molecule has 24 heavy (non-hydrogen) atoms. The van der Waals surface area contributed by atoms with E-state index < -0.39 is 5.97 Å². The minimum atomic E-state index is -0.830. The van der Waals surface area contributed by atoms with Gasteiger partial charge in [-0.05, 0) is 51.0 Å². The van der Waals surface area contributed by atoms with Crippen LogP contribution in [0.25, 0.3) is 0 Å². The van der Waals surface area contributed by atoms with Gasteiger partial charge in [0.25, 0.3) is 0 Å². The second kappa shape index (κ2) is 7.77. The van der Waals surface area contributed by atoms with Crippen LogP contribution in [-0.4, -0.2) is 26.8 Å². The van der Waals surface area contributed by atoms with E-state index in [0.717, 1.165) is 17.0 Å². The van der Waals surface area contributed by atoms with Crippen LogP contribution in [0.2, 0.25) is 0 Å². The van der Waals surface area contributed by atoms with E-state index in [1.165, 1.54) is 0 Å². The number of hydrogen-bond acceptors (Lipinski definition) is 3. The summed E-state index contributed by atoms with van der Waals surface area (Å²) in [6.07, 6.45) is 0.842. The van der Waals surface area contributed by atoms with Crippen LogP contribution in [0.1, 0.15) is 42.8 Å². The van der Waals surface area contributed by atoms with Crippen molar-refractivity contribution in [2.75, 3.05) is 5.32 Å². The first-order valence-corrected chi connectivity index (χ1v) is 7.98. The number of aliphatic carboxylic acids is 1. The largest absolute Gasteiger partial charge is 0.481 e. The summed E-state index contributed by atoms with van der Waals surface area (Å²) in [5.74, 6) is -0.923. The molecule has 128 valence electrons. The van der Waals surface area contributed by atoms with Crippen LogP contribution < -0.4 is 5.32 Å². The zero-order chi connectivity index (χ0) is 17.7. The number of rotatable bonds is 7. The van der Waals surface area contributed by atoms with E-state index in [2.05, 4.69) is 10.4 Å². The van der Waals surface area contributed by atoms with Crippen molar-refractivity contribution in [3.63, 3.8) is 0 Å². The Morgan fingerprint density at radius 2 is 2.04 bits per heavy atom. The van der Waals surface area contributed by atoms with Crippen LogP contribution in [0.3, 0.4) is 0 Å². The molecular formula is C18H23N3O3. The maximum atomic E-state index is 12.2. The second-order valence-corrected chi connectivity index (χ2v) is 6.07. The number of carboxylic acids is 1. The molecule has 1 aromatic carbocycles. The summed E-state index contributed by atoms with van der Waals surface area (Å²) >= 11 is 0. The van der Waals surface area contributed by atoms with Crippen molar-refractivity contribution in [1.82, 2.24) is 9.78 Å². The molecule has 1 aromatic heterocycles. The molecule has 0 saturated heterocycles. The standard InChI is InChI=1S/C18H23N3O3/c1-12-9-13(2)21(20-12)14(3)10-17(22)19-16-6-4-5-15(11-16)7-8-18(23)24/h4-6,9,11,14H,7-8,10H2,1-3H3,(H,19,22)(H,23,24). The number of aryl methyl sites for hydroxylation is 3.